The first kappa shape index (κ1) is 23.0. The van der Waals surface area contributed by atoms with Crippen LogP contribution < -0.4 is 10.3 Å². The van der Waals surface area contributed by atoms with E-state index in [0.717, 1.165) is 10.4 Å². The predicted molar refractivity (Wildman–Crippen MR) is 145 cm³/mol. The Bertz CT molecular complexity index is 1960. The molecule has 4 aromatic carbocycles. The van der Waals surface area contributed by atoms with Crippen molar-refractivity contribution in [2.75, 3.05) is 0 Å². The normalized spacial score (nSPS) is 11.7. The number of carbonyl (C=O) groups excluding carboxylic acids is 1. The topological polar surface area (TPSA) is 90.2 Å². The molecule has 6 rings (SSSR count). The first-order chi connectivity index (χ1) is 17.9. The lowest BCUT2D eigenvalue weighted by Gasteiger charge is -2.13. The van der Waals surface area contributed by atoms with E-state index in [1.54, 1.807) is 22.9 Å². The summed E-state index contributed by atoms with van der Waals surface area (Å²) in [7, 11) is -4.12. The average molecular weight is 526 g/mol. The third-order valence-electron chi connectivity index (χ3n) is 6.07. The van der Waals surface area contributed by atoms with Gasteiger partial charge in [0.2, 0.25) is 0 Å². The molecule has 0 aliphatic carbocycles. The van der Waals surface area contributed by atoms with E-state index in [1.807, 2.05) is 72.8 Å². The van der Waals surface area contributed by atoms with Crippen LogP contribution in [0.2, 0.25) is 0 Å². The fourth-order valence-electron chi connectivity index (χ4n) is 4.37. The average Bonchev–Trinajstić information content (AvgIpc) is 3.49. The predicted octanol–water partition coefficient (Wildman–Crippen LogP) is 5.11. The van der Waals surface area contributed by atoms with E-state index in [0.29, 0.717) is 22.0 Å². The van der Waals surface area contributed by atoms with Gasteiger partial charge in [0.25, 0.3) is 21.5 Å². The van der Waals surface area contributed by atoms with Gasteiger partial charge in [0.1, 0.15) is 4.90 Å². The molecule has 0 fully saturated rings. The quantitative estimate of drug-likeness (QED) is 0.339. The summed E-state index contributed by atoms with van der Waals surface area (Å²) in [4.78, 5) is 26.7. The molecule has 0 bridgehead atoms. The van der Waals surface area contributed by atoms with E-state index in [-0.39, 0.29) is 16.0 Å². The number of benzene rings is 4. The molecular formula is C28H19N3O4S2. The first-order valence-corrected chi connectivity index (χ1v) is 13.7. The summed E-state index contributed by atoms with van der Waals surface area (Å²) in [6, 6.07) is 30.3. The van der Waals surface area contributed by atoms with Gasteiger partial charge in [-0.1, -0.05) is 54.6 Å². The zero-order chi connectivity index (χ0) is 25.6. The van der Waals surface area contributed by atoms with Gasteiger partial charge in [0.05, 0.1) is 22.3 Å². The largest absolute Gasteiger partial charge is 0.279 e. The molecule has 7 nitrogen and oxygen atoms in total. The van der Waals surface area contributed by atoms with Crippen LogP contribution in [0.3, 0.4) is 0 Å². The number of hydrogen-bond donors (Lipinski definition) is 1. The minimum Gasteiger partial charge on any atom is -0.268 e. The van der Waals surface area contributed by atoms with Crippen molar-refractivity contribution in [3.63, 3.8) is 0 Å². The van der Waals surface area contributed by atoms with Gasteiger partial charge in [-0.3, -0.25) is 9.59 Å². The van der Waals surface area contributed by atoms with E-state index in [9.17, 15) is 18.0 Å². The van der Waals surface area contributed by atoms with Crippen molar-refractivity contribution in [2.24, 2.45) is 0 Å². The molecule has 1 N–H and O–H groups in total. The number of aromatic nitrogens is 2. The van der Waals surface area contributed by atoms with Crippen molar-refractivity contribution >= 4 is 48.3 Å². The molecule has 182 valence electrons. The maximum Gasteiger partial charge on any atom is 0.279 e. The Hall–Kier alpha value is -4.47. The molecule has 0 aliphatic heterocycles. The molecule has 0 aliphatic rings. The molecule has 9 heteroatoms. The van der Waals surface area contributed by atoms with Crippen molar-refractivity contribution in [1.29, 1.82) is 0 Å². The fourth-order valence-corrected chi connectivity index (χ4v) is 6.85. The Balaban J connectivity index is 1.45. The van der Waals surface area contributed by atoms with Gasteiger partial charge in [-0.15, -0.1) is 11.3 Å². The summed E-state index contributed by atoms with van der Waals surface area (Å²) >= 11 is 1.29. The third-order valence-corrected chi connectivity index (χ3v) is 8.56. The van der Waals surface area contributed by atoms with E-state index in [2.05, 4.69) is 4.72 Å². The monoisotopic (exact) mass is 525 g/mol. The van der Waals surface area contributed by atoms with Crippen molar-refractivity contribution in [2.45, 2.75) is 4.90 Å². The summed E-state index contributed by atoms with van der Waals surface area (Å²) in [5.41, 5.74) is 1.75. The lowest BCUT2D eigenvalue weighted by molar-refractivity contribution is 0.0981. The number of nitrogens with one attached hydrogen (secondary N) is 1. The molecule has 0 saturated heterocycles. The number of para-hydroxylation sites is 2. The molecule has 0 unspecified atom stereocenters. The smallest absolute Gasteiger partial charge is 0.268 e. The van der Waals surface area contributed by atoms with Crippen LogP contribution >= 0.6 is 11.3 Å². The highest BCUT2D eigenvalue weighted by Gasteiger charge is 2.24. The maximum absolute atomic E-state index is 13.6. The number of hydrogen-bond acceptors (Lipinski definition) is 5. The lowest BCUT2D eigenvalue weighted by Crippen LogP contribution is -2.30. The lowest BCUT2D eigenvalue weighted by atomic mass is 10.1. The van der Waals surface area contributed by atoms with Crippen molar-refractivity contribution in [3.8, 4) is 11.4 Å². The standard InChI is InChI=1S/C28H19N3O4S2/c32-27(29-37(34,35)26-18-36-25-14-8-7-13-22(25)26)19-15-16-24-23(17-19)28(33)31(21-11-5-2-6-12-21)30(24)20-9-3-1-4-10-20/h1-18H,(H,29,32). The number of fused-ring (bicyclic) bond motifs is 2. The highest BCUT2D eigenvalue weighted by Crippen LogP contribution is 2.29. The maximum atomic E-state index is 13.6. The van der Waals surface area contributed by atoms with Crippen LogP contribution in [-0.4, -0.2) is 23.7 Å². The van der Waals surface area contributed by atoms with Crippen LogP contribution in [0.1, 0.15) is 10.4 Å². The number of thiophene rings is 1. The number of carbonyl (C=O) groups is 1. The van der Waals surface area contributed by atoms with E-state index < -0.39 is 15.9 Å². The van der Waals surface area contributed by atoms with Gasteiger partial charge in [-0.05, 0) is 48.5 Å². The number of nitrogens with zero attached hydrogens (tertiary/aromatic N) is 2. The van der Waals surface area contributed by atoms with Gasteiger partial charge >= 0.3 is 0 Å². The van der Waals surface area contributed by atoms with Crippen molar-refractivity contribution < 1.29 is 13.2 Å². The zero-order valence-corrected chi connectivity index (χ0v) is 20.9. The number of rotatable bonds is 5. The van der Waals surface area contributed by atoms with Crippen LogP contribution in [0.15, 0.2) is 118 Å². The Morgan fingerprint density at radius 2 is 1.35 bits per heavy atom. The van der Waals surface area contributed by atoms with E-state index in [1.165, 1.54) is 33.5 Å². The van der Waals surface area contributed by atoms with Crippen LogP contribution in [0.4, 0.5) is 0 Å². The van der Waals surface area contributed by atoms with Crippen molar-refractivity contribution in [3.05, 3.63) is 124 Å². The third kappa shape index (κ3) is 3.94. The number of amides is 1. The Morgan fingerprint density at radius 1 is 0.730 bits per heavy atom. The molecule has 37 heavy (non-hydrogen) atoms. The van der Waals surface area contributed by atoms with Gasteiger partial charge in [0, 0.05) is 21.0 Å². The molecule has 6 aromatic rings. The molecule has 0 atom stereocenters. The Labute approximate surface area is 215 Å². The summed E-state index contributed by atoms with van der Waals surface area (Å²) in [5, 5.41) is 2.36. The summed E-state index contributed by atoms with van der Waals surface area (Å²) < 4.78 is 32.4. The van der Waals surface area contributed by atoms with Crippen LogP contribution in [0, 0.1) is 0 Å². The van der Waals surface area contributed by atoms with Gasteiger partial charge in [-0.25, -0.2) is 22.5 Å². The van der Waals surface area contributed by atoms with Gasteiger partial charge in [-0.2, -0.15) is 0 Å². The van der Waals surface area contributed by atoms with Crippen molar-refractivity contribution in [1.82, 2.24) is 14.1 Å². The molecular weight excluding hydrogens is 506 g/mol. The second-order valence-electron chi connectivity index (χ2n) is 8.36. The molecule has 2 heterocycles. The molecule has 1 amide bonds. The molecule has 0 spiro atoms. The fraction of sp³-hybridized carbons (Fsp3) is 0. The highest BCUT2D eigenvalue weighted by atomic mass is 32.2. The summed E-state index contributed by atoms with van der Waals surface area (Å²) in [5.74, 6) is -0.810. The van der Waals surface area contributed by atoms with Crippen LogP contribution in [-0.2, 0) is 10.0 Å². The minimum atomic E-state index is -4.12. The molecule has 2 aromatic heterocycles. The van der Waals surface area contributed by atoms with Crippen LogP contribution in [0.5, 0.6) is 0 Å². The van der Waals surface area contributed by atoms with E-state index in [4.69, 9.17) is 0 Å². The molecule has 0 radical (unpaired) electrons. The summed E-state index contributed by atoms with van der Waals surface area (Å²) in [6.07, 6.45) is 0. The minimum absolute atomic E-state index is 0.0455. The zero-order valence-electron chi connectivity index (χ0n) is 19.2. The van der Waals surface area contributed by atoms with Crippen LogP contribution in [0.25, 0.3) is 32.4 Å². The summed E-state index contributed by atoms with van der Waals surface area (Å²) in [6.45, 7) is 0. The van der Waals surface area contributed by atoms with Gasteiger partial charge < -0.3 is 0 Å². The second kappa shape index (κ2) is 8.88. The Morgan fingerprint density at radius 3 is 2.05 bits per heavy atom. The Kier molecular flexibility index (Phi) is 5.51. The highest BCUT2D eigenvalue weighted by molar-refractivity contribution is 7.90. The van der Waals surface area contributed by atoms with Gasteiger partial charge in [0.15, 0.2) is 0 Å². The second-order valence-corrected chi connectivity index (χ2v) is 10.9. The van der Waals surface area contributed by atoms with E-state index >= 15 is 0 Å². The SMILES string of the molecule is O=C(NS(=O)(=O)c1csc2ccccc12)c1ccc2c(c1)c(=O)n(-c1ccccc1)n2-c1ccccc1. The number of sulfonamides is 1. The molecule has 0 saturated carbocycles. The first-order valence-electron chi connectivity index (χ1n) is 11.4.